The van der Waals surface area contributed by atoms with Gasteiger partial charge in [0.15, 0.2) is 6.61 Å². The molecule has 112 valence electrons. The van der Waals surface area contributed by atoms with Gasteiger partial charge in [-0.25, -0.2) is 0 Å². The van der Waals surface area contributed by atoms with E-state index in [0.29, 0.717) is 0 Å². The van der Waals surface area contributed by atoms with Crippen molar-refractivity contribution in [1.29, 1.82) is 0 Å². The van der Waals surface area contributed by atoms with E-state index >= 15 is 0 Å². The summed E-state index contributed by atoms with van der Waals surface area (Å²) in [7, 11) is 0. The second-order valence-electron chi connectivity index (χ2n) is 5.73. The summed E-state index contributed by atoms with van der Waals surface area (Å²) in [5.41, 5.74) is 0. The Balaban J connectivity index is 1.80. The Bertz CT molecular complexity index is 415. The van der Waals surface area contributed by atoms with Crippen molar-refractivity contribution in [3.63, 3.8) is 0 Å². The molecule has 4 unspecified atom stereocenters. The van der Waals surface area contributed by atoms with Crippen LogP contribution in [0.5, 0.6) is 0 Å². The van der Waals surface area contributed by atoms with Crippen molar-refractivity contribution in [2.75, 3.05) is 6.61 Å². The van der Waals surface area contributed by atoms with Crippen molar-refractivity contribution in [2.24, 2.45) is 5.92 Å². The highest BCUT2D eigenvalue weighted by Gasteiger charge is 2.54. The van der Waals surface area contributed by atoms with E-state index in [2.05, 4.69) is 0 Å². The Hall–Kier alpha value is -1.66. The summed E-state index contributed by atoms with van der Waals surface area (Å²) in [5.74, 6) is -1.51. The van der Waals surface area contributed by atoms with E-state index in [0.717, 1.165) is 19.3 Å². The van der Waals surface area contributed by atoms with Crippen molar-refractivity contribution in [3.8, 4) is 0 Å². The summed E-state index contributed by atoms with van der Waals surface area (Å²) in [6.45, 7) is 3.66. The number of amides is 1. The van der Waals surface area contributed by atoms with Crippen LogP contribution in [0.3, 0.4) is 0 Å². The minimum atomic E-state index is -0.828. The van der Waals surface area contributed by atoms with Crippen LogP contribution < -0.4 is 0 Å². The number of piperidine rings is 1. The van der Waals surface area contributed by atoms with Crippen LogP contribution in [0.4, 0.5) is 0 Å². The van der Waals surface area contributed by atoms with Gasteiger partial charge < -0.3 is 9.64 Å². The number of carbonyl (C=O) groups is 2. The average molecular weight is 284 g/mol. The molecule has 7 nitrogen and oxygen atoms in total. The predicted octanol–water partition coefficient (Wildman–Crippen LogP) is 0.984. The van der Waals surface area contributed by atoms with Crippen molar-refractivity contribution < 1.29 is 19.2 Å². The fourth-order valence-corrected chi connectivity index (χ4v) is 2.90. The summed E-state index contributed by atoms with van der Waals surface area (Å²) in [4.78, 5) is 35.4. The van der Waals surface area contributed by atoms with Crippen LogP contribution in [0, 0.1) is 16.0 Å². The highest BCUT2D eigenvalue weighted by molar-refractivity contribution is 5.83. The minimum absolute atomic E-state index is 0.150. The lowest BCUT2D eigenvalue weighted by molar-refractivity contribution is -0.497. The normalized spacial score (nSPS) is 32.6. The number of nitrogens with zero attached hydrogens (tertiary/aromatic N) is 2. The third kappa shape index (κ3) is 3.08. The third-order valence-electron chi connectivity index (χ3n) is 4.15. The van der Waals surface area contributed by atoms with Gasteiger partial charge in [0.1, 0.15) is 5.92 Å². The first-order valence-electron chi connectivity index (χ1n) is 7.03. The summed E-state index contributed by atoms with van der Waals surface area (Å²) >= 11 is 0. The Labute approximate surface area is 117 Å². The van der Waals surface area contributed by atoms with Crippen LogP contribution in [0.25, 0.3) is 0 Å². The maximum Gasteiger partial charge on any atom is 0.316 e. The summed E-state index contributed by atoms with van der Waals surface area (Å²) < 4.78 is 4.92. The van der Waals surface area contributed by atoms with Gasteiger partial charge in [-0.2, -0.15) is 0 Å². The molecule has 1 amide bonds. The van der Waals surface area contributed by atoms with E-state index in [9.17, 15) is 19.7 Å². The van der Waals surface area contributed by atoms with Crippen molar-refractivity contribution >= 4 is 11.9 Å². The lowest BCUT2D eigenvalue weighted by atomic mass is 9.97. The molecule has 20 heavy (non-hydrogen) atoms. The molecular weight excluding hydrogens is 264 g/mol. The Morgan fingerprint density at radius 2 is 1.90 bits per heavy atom. The van der Waals surface area contributed by atoms with Gasteiger partial charge in [-0.1, -0.05) is 0 Å². The van der Waals surface area contributed by atoms with Crippen LogP contribution in [-0.4, -0.2) is 46.4 Å². The zero-order chi connectivity index (χ0) is 14.9. The van der Waals surface area contributed by atoms with Gasteiger partial charge in [-0.05, 0) is 33.1 Å². The predicted molar refractivity (Wildman–Crippen MR) is 69.5 cm³/mol. The van der Waals surface area contributed by atoms with Crippen molar-refractivity contribution in [3.05, 3.63) is 10.1 Å². The number of carbonyl (C=O) groups excluding carboxylic acids is 2. The number of hydrogen-bond donors (Lipinski definition) is 0. The first kappa shape index (κ1) is 14.7. The van der Waals surface area contributed by atoms with E-state index in [1.807, 2.05) is 13.8 Å². The smallest absolute Gasteiger partial charge is 0.316 e. The van der Waals surface area contributed by atoms with Crippen LogP contribution in [0.15, 0.2) is 0 Å². The lowest BCUT2D eigenvalue weighted by Crippen LogP contribution is -2.49. The minimum Gasteiger partial charge on any atom is -0.455 e. The van der Waals surface area contributed by atoms with Gasteiger partial charge in [0.25, 0.3) is 5.91 Å². The molecule has 1 heterocycles. The largest absolute Gasteiger partial charge is 0.455 e. The third-order valence-corrected chi connectivity index (χ3v) is 4.15. The second-order valence-corrected chi connectivity index (χ2v) is 5.73. The monoisotopic (exact) mass is 284 g/mol. The standard InChI is InChI=1S/C13H20N2O5/c1-8-4-3-5-9(2)14(8)12(16)7-20-13(17)10-6-11(10)15(18)19/h8-11H,3-7H2,1-2H3. The van der Waals surface area contributed by atoms with Crippen molar-refractivity contribution in [2.45, 2.75) is 57.7 Å². The number of esters is 1. The molecule has 2 fully saturated rings. The molecule has 0 radical (unpaired) electrons. The molecule has 7 heteroatoms. The van der Waals surface area contributed by atoms with Crippen molar-refractivity contribution in [1.82, 2.24) is 4.90 Å². The molecule has 0 aromatic heterocycles. The zero-order valence-electron chi connectivity index (χ0n) is 11.8. The molecule has 1 saturated carbocycles. The van der Waals surface area contributed by atoms with Gasteiger partial charge >= 0.3 is 5.97 Å². The summed E-state index contributed by atoms with van der Waals surface area (Å²) in [5, 5.41) is 10.5. The first-order chi connectivity index (χ1) is 9.41. The number of nitro groups is 1. The average Bonchev–Trinajstić information content (AvgIpc) is 3.16. The number of hydrogen-bond acceptors (Lipinski definition) is 5. The molecule has 0 aromatic carbocycles. The van der Waals surface area contributed by atoms with E-state index < -0.39 is 22.9 Å². The Morgan fingerprint density at radius 1 is 1.30 bits per heavy atom. The highest BCUT2D eigenvalue weighted by Crippen LogP contribution is 2.34. The second kappa shape index (κ2) is 5.76. The molecule has 0 spiro atoms. The lowest BCUT2D eigenvalue weighted by Gasteiger charge is -2.38. The topological polar surface area (TPSA) is 89.8 Å². The highest BCUT2D eigenvalue weighted by atomic mass is 16.6. The van der Waals surface area contributed by atoms with Gasteiger partial charge in [0.2, 0.25) is 6.04 Å². The van der Waals surface area contributed by atoms with Crippen LogP contribution >= 0.6 is 0 Å². The first-order valence-corrected chi connectivity index (χ1v) is 7.03. The van der Waals surface area contributed by atoms with Gasteiger partial charge in [-0.15, -0.1) is 0 Å². The molecule has 1 aliphatic carbocycles. The van der Waals surface area contributed by atoms with E-state index in [4.69, 9.17) is 4.74 Å². The number of ether oxygens (including phenoxy) is 1. The molecule has 1 saturated heterocycles. The molecule has 0 bridgehead atoms. The molecule has 0 aromatic rings. The van der Waals surface area contributed by atoms with Gasteiger partial charge in [0, 0.05) is 23.4 Å². The maximum absolute atomic E-state index is 12.1. The maximum atomic E-state index is 12.1. The van der Waals surface area contributed by atoms with Gasteiger partial charge in [-0.3, -0.25) is 19.7 Å². The van der Waals surface area contributed by atoms with E-state index in [-0.39, 0.29) is 31.0 Å². The molecular formula is C13H20N2O5. The van der Waals surface area contributed by atoms with Crippen LogP contribution in [-0.2, 0) is 14.3 Å². The Morgan fingerprint density at radius 3 is 2.40 bits per heavy atom. The van der Waals surface area contributed by atoms with E-state index in [1.165, 1.54) is 0 Å². The summed E-state index contributed by atoms with van der Waals surface area (Å²) in [6, 6.07) is -0.528. The number of rotatable bonds is 4. The molecule has 2 rings (SSSR count). The number of likely N-dealkylation sites (tertiary alicyclic amines) is 1. The molecule has 2 aliphatic rings. The zero-order valence-corrected chi connectivity index (χ0v) is 11.8. The van der Waals surface area contributed by atoms with Gasteiger partial charge in [0.05, 0.1) is 0 Å². The van der Waals surface area contributed by atoms with Crippen LogP contribution in [0.1, 0.15) is 39.5 Å². The van der Waals surface area contributed by atoms with Crippen LogP contribution in [0.2, 0.25) is 0 Å². The molecule has 1 aliphatic heterocycles. The summed E-state index contributed by atoms with van der Waals surface area (Å²) in [6.07, 6.45) is 3.22. The molecule has 0 N–H and O–H groups in total. The van der Waals surface area contributed by atoms with E-state index in [1.54, 1.807) is 4.90 Å². The fraction of sp³-hybridized carbons (Fsp3) is 0.846. The quantitative estimate of drug-likeness (QED) is 0.436. The Kier molecular flexibility index (Phi) is 4.25. The SMILES string of the molecule is CC1CCCC(C)N1C(=O)COC(=O)C1CC1[N+](=O)[O-]. The molecule has 4 atom stereocenters. The fourth-order valence-electron chi connectivity index (χ4n) is 2.90.